The highest BCUT2D eigenvalue weighted by Crippen LogP contribution is 2.17. The molecule has 0 spiro atoms. The number of carboxylic acids is 1. The summed E-state index contributed by atoms with van der Waals surface area (Å²) in [7, 11) is 0. The number of carboxylic acid groups (broad SMARTS) is 1. The van der Waals surface area contributed by atoms with Crippen LogP contribution in [0.4, 0.5) is 5.69 Å². The van der Waals surface area contributed by atoms with Gasteiger partial charge in [-0.25, -0.2) is 4.79 Å². The van der Waals surface area contributed by atoms with Gasteiger partial charge in [-0.3, -0.25) is 10.1 Å². The fraction of sp³-hybridized carbons (Fsp3) is 0.0625. The van der Waals surface area contributed by atoms with Crippen molar-refractivity contribution in [3.8, 4) is 5.75 Å². The zero-order chi connectivity index (χ0) is 15.9. The molecule has 0 aliphatic rings. The second-order valence-electron chi connectivity index (χ2n) is 4.45. The Kier molecular flexibility index (Phi) is 4.87. The summed E-state index contributed by atoms with van der Waals surface area (Å²) in [5.41, 5.74) is 1.61. The maximum Gasteiger partial charge on any atom is 0.328 e. The van der Waals surface area contributed by atoms with Gasteiger partial charge in [0.2, 0.25) is 0 Å². The lowest BCUT2D eigenvalue weighted by Crippen LogP contribution is -1.96. The van der Waals surface area contributed by atoms with Crippen molar-refractivity contribution in [1.82, 2.24) is 0 Å². The van der Waals surface area contributed by atoms with Gasteiger partial charge in [-0.2, -0.15) is 0 Å². The molecule has 2 rings (SSSR count). The number of non-ortho nitro benzene ring substituents is 1. The zero-order valence-corrected chi connectivity index (χ0v) is 11.5. The summed E-state index contributed by atoms with van der Waals surface area (Å²) in [4.78, 5) is 20.5. The van der Waals surface area contributed by atoms with Crippen molar-refractivity contribution in [3.63, 3.8) is 0 Å². The van der Waals surface area contributed by atoms with Crippen molar-refractivity contribution in [2.45, 2.75) is 6.61 Å². The van der Waals surface area contributed by atoms with Gasteiger partial charge in [0.15, 0.2) is 0 Å². The van der Waals surface area contributed by atoms with Gasteiger partial charge in [0.1, 0.15) is 12.4 Å². The smallest absolute Gasteiger partial charge is 0.328 e. The predicted molar refractivity (Wildman–Crippen MR) is 80.5 cm³/mol. The fourth-order valence-corrected chi connectivity index (χ4v) is 1.72. The molecule has 0 fully saturated rings. The van der Waals surface area contributed by atoms with Gasteiger partial charge in [0, 0.05) is 18.2 Å². The van der Waals surface area contributed by atoms with Crippen molar-refractivity contribution in [3.05, 3.63) is 75.8 Å². The minimum atomic E-state index is -1.00. The molecule has 0 bridgehead atoms. The molecule has 112 valence electrons. The van der Waals surface area contributed by atoms with E-state index < -0.39 is 10.9 Å². The fourth-order valence-electron chi connectivity index (χ4n) is 1.72. The summed E-state index contributed by atoms with van der Waals surface area (Å²) >= 11 is 0. The molecule has 0 unspecified atom stereocenters. The molecule has 0 atom stereocenters. The monoisotopic (exact) mass is 299 g/mol. The molecule has 6 nitrogen and oxygen atoms in total. The predicted octanol–water partition coefficient (Wildman–Crippen LogP) is 3.27. The number of rotatable bonds is 6. The molecule has 0 radical (unpaired) electrons. The first kappa shape index (κ1) is 15.2. The van der Waals surface area contributed by atoms with E-state index in [0.29, 0.717) is 12.4 Å². The average Bonchev–Trinajstić information content (AvgIpc) is 2.52. The Balaban J connectivity index is 1.94. The van der Waals surface area contributed by atoms with Crippen molar-refractivity contribution in [1.29, 1.82) is 0 Å². The molecular formula is C16H13NO5. The van der Waals surface area contributed by atoms with Crippen LogP contribution in [0, 0.1) is 10.1 Å². The zero-order valence-electron chi connectivity index (χ0n) is 11.5. The van der Waals surface area contributed by atoms with Crippen LogP contribution in [-0.4, -0.2) is 16.0 Å². The van der Waals surface area contributed by atoms with Crippen LogP contribution in [0.15, 0.2) is 54.6 Å². The number of benzene rings is 2. The Morgan fingerprint density at radius 1 is 1.14 bits per heavy atom. The first-order valence-electron chi connectivity index (χ1n) is 6.42. The van der Waals surface area contributed by atoms with Gasteiger partial charge in [-0.15, -0.1) is 0 Å². The van der Waals surface area contributed by atoms with Gasteiger partial charge in [0.05, 0.1) is 4.92 Å². The van der Waals surface area contributed by atoms with Gasteiger partial charge < -0.3 is 9.84 Å². The van der Waals surface area contributed by atoms with Crippen LogP contribution in [0.2, 0.25) is 0 Å². The second kappa shape index (κ2) is 7.03. The lowest BCUT2D eigenvalue weighted by molar-refractivity contribution is -0.384. The third-order valence-corrected chi connectivity index (χ3v) is 2.85. The largest absolute Gasteiger partial charge is 0.489 e. The first-order valence-corrected chi connectivity index (χ1v) is 6.42. The van der Waals surface area contributed by atoms with E-state index >= 15 is 0 Å². The number of hydrogen-bond acceptors (Lipinski definition) is 4. The Morgan fingerprint density at radius 2 is 1.77 bits per heavy atom. The molecule has 0 aliphatic carbocycles. The molecule has 0 amide bonds. The standard InChI is InChI=1S/C16H13NO5/c18-16(19)10-5-12-3-8-15(9-4-12)22-11-13-1-6-14(7-2-13)17(20)21/h1-10H,11H2,(H,18,19). The summed E-state index contributed by atoms with van der Waals surface area (Å²) in [5, 5.41) is 19.1. The van der Waals surface area contributed by atoms with E-state index in [1.54, 1.807) is 36.4 Å². The van der Waals surface area contributed by atoms with Crippen LogP contribution in [-0.2, 0) is 11.4 Å². The highest BCUT2D eigenvalue weighted by Gasteiger charge is 2.04. The molecule has 0 heterocycles. The quantitative estimate of drug-likeness (QED) is 0.502. The maximum absolute atomic E-state index is 10.6. The Morgan fingerprint density at radius 3 is 2.32 bits per heavy atom. The molecule has 6 heteroatoms. The van der Waals surface area contributed by atoms with Gasteiger partial charge in [-0.05, 0) is 41.5 Å². The number of nitro benzene ring substituents is 1. The molecule has 0 aromatic heterocycles. The van der Waals surface area contributed by atoms with E-state index in [2.05, 4.69) is 0 Å². The van der Waals surface area contributed by atoms with E-state index in [9.17, 15) is 14.9 Å². The molecule has 22 heavy (non-hydrogen) atoms. The van der Waals surface area contributed by atoms with Crippen LogP contribution in [0.3, 0.4) is 0 Å². The molecule has 0 saturated carbocycles. The SMILES string of the molecule is O=C(O)C=Cc1ccc(OCc2ccc([N+](=O)[O-])cc2)cc1. The number of nitrogens with zero attached hydrogens (tertiary/aromatic N) is 1. The molecule has 0 saturated heterocycles. The van der Waals surface area contributed by atoms with Crippen LogP contribution in [0.1, 0.15) is 11.1 Å². The van der Waals surface area contributed by atoms with E-state index in [-0.39, 0.29) is 5.69 Å². The average molecular weight is 299 g/mol. The van der Waals surface area contributed by atoms with Gasteiger partial charge in [-0.1, -0.05) is 12.1 Å². The summed E-state index contributed by atoms with van der Waals surface area (Å²) in [5.74, 6) is -0.371. The Bertz CT molecular complexity index is 689. The summed E-state index contributed by atoms with van der Waals surface area (Å²) in [6, 6.07) is 13.1. The lowest BCUT2D eigenvalue weighted by Gasteiger charge is -2.06. The van der Waals surface area contributed by atoms with Gasteiger partial charge in [0.25, 0.3) is 5.69 Å². The number of nitro groups is 1. The van der Waals surface area contributed by atoms with Crippen LogP contribution >= 0.6 is 0 Å². The number of aliphatic carboxylic acids is 1. The Hall–Kier alpha value is -3.15. The van der Waals surface area contributed by atoms with Gasteiger partial charge >= 0.3 is 5.97 Å². The van der Waals surface area contributed by atoms with Crippen molar-refractivity contribution in [2.75, 3.05) is 0 Å². The third-order valence-electron chi connectivity index (χ3n) is 2.85. The molecular weight excluding hydrogens is 286 g/mol. The summed E-state index contributed by atoms with van der Waals surface area (Å²) < 4.78 is 5.56. The van der Waals surface area contributed by atoms with E-state index in [4.69, 9.17) is 9.84 Å². The van der Waals surface area contributed by atoms with Crippen LogP contribution in [0.25, 0.3) is 6.08 Å². The van der Waals surface area contributed by atoms with E-state index in [0.717, 1.165) is 17.2 Å². The first-order chi connectivity index (χ1) is 10.5. The van der Waals surface area contributed by atoms with Crippen molar-refractivity contribution >= 4 is 17.7 Å². The molecule has 0 aliphatic heterocycles. The second-order valence-corrected chi connectivity index (χ2v) is 4.45. The third kappa shape index (κ3) is 4.45. The highest BCUT2D eigenvalue weighted by molar-refractivity contribution is 5.85. The number of hydrogen-bond donors (Lipinski definition) is 1. The Labute approximate surface area is 126 Å². The minimum absolute atomic E-state index is 0.0401. The maximum atomic E-state index is 10.6. The van der Waals surface area contributed by atoms with Crippen molar-refractivity contribution in [2.24, 2.45) is 0 Å². The minimum Gasteiger partial charge on any atom is -0.489 e. The van der Waals surface area contributed by atoms with Crippen molar-refractivity contribution < 1.29 is 19.6 Å². The normalized spacial score (nSPS) is 10.5. The summed E-state index contributed by atoms with van der Waals surface area (Å²) in [6.07, 6.45) is 2.55. The summed E-state index contributed by atoms with van der Waals surface area (Å²) in [6.45, 7) is 0.294. The number of carbonyl (C=O) groups is 1. The molecule has 1 N–H and O–H groups in total. The van der Waals surface area contributed by atoms with E-state index in [1.165, 1.54) is 18.2 Å². The lowest BCUT2D eigenvalue weighted by atomic mass is 10.2. The van der Waals surface area contributed by atoms with Crippen LogP contribution < -0.4 is 4.74 Å². The highest BCUT2D eigenvalue weighted by atomic mass is 16.6. The number of ether oxygens (including phenoxy) is 1. The van der Waals surface area contributed by atoms with Crippen LogP contribution in [0.5, 0.6) is 5.75 Å². The molecule has 2 aromatic rings. The molecule has 2 aromatic carbocycles. The van der Waals surface area contributed by atoms with E-state index in [1.807, 2.05) is 0 Å². The topological polar surface area (TPSA) is 89.7 Å².